The summed E-state index contributed by atoms with van der Waals surface area (Å²) in [6, 6.07) is 30.0. The van der Waals surface area contributed by atoms with Crippen LogP contribution < -0.4 is 0 Å². The molecule has 2 heterocycles. The molecule has 0 saturated carbocycles. The van der Waals surface area contributed by atoms with Gasteiger partial charge in [-0.1, -0.05) is 47.8 Å². The maximum absolute atomic E-state index is 13.2. The van der Waals surface area contributed by atoms with Gasteiger partial charge in [-0.3, -0.25) is 0 Å². The predicted octanol–water partition coefficient (Wildman–Crippen LogP) is 8.04. The number of fused-ring (bicyclic) bond motifs is 2. The minimum atomic E-state index is -3.60. The molecule has 2 aromatic heterocycles. The topological polar surface area (TPSA) is 59.9 Å². The van der Waals surface area contributed by atoms with Crippen LogP contribution in [0.5, 0.6) is 0 Å². The SMILES string of the molecule is O=S(=O)(c1ccc(Sc2nc3ccccc3s2)cc1)c1ccc(Sc2nc3ccccc3s2)cc1. The summed E-state index contributed by atoms with van der Waals surface area (Å²) in [7, 11) is -3.60. The minimum Gasteiger partial charge on any atom is -0.229 e. The van der Waals surface area contributed by atoms with Gasteiger partial charge in [0.25, 0.3) is 0 Å². The summed E-state index contributed by atoms with van der Waals surface area (Å²) in [5.74, 6) is 0. The molecular formula is C26H16N2O2S5. The Labute approximate surface area is 219 Å². The van der Waals surface area contributed by atoms with Gasteiger partial charge in [-0.25, -0.2) is 18.4 Å². The zero-order valence-corrected chi connectivity index (χ0v) is 22.1. The summed E-state index contributed by atoms with van der Waals surface area (Å²) in [5.41, 5.74) is 1.95. The molecule has 172 valence electrons. The monoisotopic (exact) mass is 548 g/mol. The highest BCUT2D eigenvalue weighted by Crippen LogP contribution is 2.36. The van der Waals surface area contributed by atoms with Gasteiger partial charge in [0, 0.05) is 9.79 Å². The number of thiazole rings is 2. The van der Waals surface area contributed by atoms with E-state index in [1.807, 2.05) is 60.7 Å². The molecule has 0 atom stereocenters. The summed E-state index contributed by atoms with van der Waals surface area (Å²) in [6.07, 6.45) is 0. The molecule has 0 aliphatic heterocycles. The Morgan fingerprint density at radius 2 is 0.943 bits per heavy atom. The van der Waals surface area contributed by atoms with Gasteiger partial charge in [-0.05, 0) is 72.8 Å². The highest BCUT2D eigenvalue weighted by Gasteiger charge is 2.18. The molecule has 0 spiro atoms. The number of nitrogens with zero attached hydrogens (tertiary/aromatic N) is 2. The van der Waals surface area contributed by atoms with Crippen LogP contribution in [0, 0.1) is 0 Å². The van der Waals surface area contributed by atoms with Crippen LogP contribution in [-0.2, 0) is 9.84 Å². The first-order chi connectivity index (χ1) is 17.0. The number of aromatic nitrogens is 2. The molecule has 0 radical (unpaired) electrons. The zero-order valence-electron chi connectivity index (χ0n) is 18.0. The van der Waals surface area contributed by atoms with Crippen LogP contribution in [0.1, 0.15) is 0 Å². The molecule has 9 heteroatoms. The van der Waals surface area contributed by atoms with Crippen molar-refractivity contribution in [2.24, 2.45) is 0 Å². The Kier molecular flexibility index (Phi) is 6.11. The average molecular weight is 549 g/mol. The van der Waals surface area contributed by atoms with Gasteiger partial charge < -0.3 is 0 Å². The van der Waals surface area contributed by atoms with Crippen LogP contribution in [0.4, 0.5) is 0 Å². The molecule has 0 aliphatic rings. The van der Waals surface area contributed by atoms with Crippen molar-refractivity contribution in [3.63, 3.8) is 0 Å². The number of para-hydroxylation sites is 2. The summed E-state index contributed by atoms with van der Waals surface area (Å²) < 4.78 is 30.5. The molecule has 0 aliphatic carbocycles. The molecule has 4 nitrogen and oxygen atoms in total. The molecule has 0 fully saturated rings. The van der Waals surface area contributed by atoms with Gasteiger partial charge in [0.1, 0.15) is 0 Å². The number of hydrogen-bond donors (Lipinski definition) is 0. The lowest BCUT2D eigenvalue weighted by Crippen LogP contribution is -2.01. The predicted molar refractivity (Wildman–Crippen MR) is 146 cm³/mol. The molecule has 0 amide bonds. The van der Waals surface area contributed by atoms with Gasteiger partial charge in [0.05, 0.1) is 30.2 Å². The van der Waals surface area contributed by atoms with Gasteiger partial charge in [0.15, 0.2) is 8.68 Å². The molecule has 35 heavy (non-hydrogen) atoms. The van der Waals surface area contributed by atoms with E-state index in [1.165, 1.54) is 23.5 Å². The van der Waals surface area contributed by atoms with Crippen molar-refractivity contribution >= 4 is 76.5 Å². The molecule has 4 aromatic carbocycles. The van der Waals surface area contributed by atoms with E-state index in [4.69, 9.17) is 0 Å². The fourth-order valence-corrected chi connectivity index (χ4v) is 8.84. The Morgan fingerprint density at radius 1 is 0.543 bits per heavy atom. The lowest BCUT2D eigenvalue weighted by Gasteiger charge is -2.06. The third-order valence-electron chi connectivity index (χ3n) is 5.23. The van der Waals surface area contributed by atoms with Crippen molar-refractivity contribution in [2.45, 2.75) is 28.3 Å². The largest absolute Gasteiger partial charge is 0.229 e. The molecule has 0 N–H and O–H groups in total. The fourth-order valence-electron chi connectivity index (χ4n) is 3.50. The van der Waals surface area contributed by atoms with E-state index in [0.717, 1.165) is 38.9 Å². The van der Waals surface area contributed by atoms with E-state index >= 15 is 0 Å². The Hall–Kier alpha value is -2.69. The van der Waals surface area contributed by atoms with E-state index in [0.29, 0.717) is 0 Å². The molecule has 6 aromatic rings. The molecule has 0 unspecified atom stereocenters. The standard InChI is InChI=1S/C26H16N2O2S5/c29-35(30,19-13-9-17(10-14-19)31-25-27-21-5-1-3-7-23(21)33-25)20-15-11-18(12-16-20)32-26-28-22-6-2-4-8-24(22)34-26/h1-16H. The van der Waals surface area contributed by atoms with E-state index in [-0.39, 0.29) is 9.79 Å². The zero-order chi connectivity index (χ0) is 23.8. The second kappa shape index (κ2) is 9.40. The van der Waals surface area contributed by atoms with Gasteiger partial charge >= 0.3 is 0 Å². The molecule has 0 saturated heterocycles. The van der Waals surface area contributed by atoms with Crippen LogP contribution >= 0.6 is 46.2 Å². The van der Waals surface area contributed by atoms with E-state index < -0.39 is 9.84 Å². The smallest absolute Gasteiger partial charge is 0.206 e. The van der Waals surface area contributed by atoms with Crippen LogP contribution in [-0.4, -0.2) is 18.4 Å². The summed E-state index contributed by atoms with van der Waals surface area (Å²) in [5, 5.41) is 0. The Bertz CT molecular complexity index is 1560. The lowest BCUT2D eigenvalue weighted by molar-refractivity contribution is 0.596. The van der Waals surface area contributed by atoms with Gasteiger partial charge in [-0.2, -0.15) is 0 Å². The number of benzene rings is 4. The Morgan fingerprint density at radius 3 is 1.34 bits per heavy atom. The van der Waals surface area contributed by atoms with Crippen molar-refractivity contribution in [2.75, 3.05) is 0 Å². The highest BCUT2D eigenvalue weighted by atomic mass is 32.2. The van der Waals surface area contributed by atoms with Crippen LogP contribution in [0.3, 0.4) is 0 Å². The number of sulfone groups is 1. The van der Waals surface area contributed by atoms with E-state index in [9.17, 15) is 8.42 Å². The number of rotatable bonds is 6. The first kappa shape index (κ1) is 22.8. The highest BCUT2D eigenvalue weighted by molar-refractivity contribution is 8.01. The maximum Gasteiger partial charge on any atom is 0.206 e. The van der Waals surface area contributed by atoms with Crippen molar-refractivity contribution in [1.29, 1.82) is 0 Å². The van der Waals surface area contributed by atoms with Crippen LogP contribution in [0.25, 0.3) is 20.4 Å². The second-order valence-electron chi connectivity index (χ2n) is 7.55. The lowest BCUT2D eigenvalue weighted by atomic mass is 10.3. The third kappa shape index (κ3) is 4.74. The third-order valence-corrected chi connectivity index (χ3v) is 11.2. The van der Waals surface area contributed by atoms with E-state index in [2.05, 4.69) is 22.1 Å². The first-order valence-electron chi connectivity index (χ1n) is 10.6. The summed E-state index contributed by atoms with van der Waals surface area (Å²) in [6.45, 7) is 0. The summed E-state index contributed by atoms with van der Waals surface area (Å²) >= 11 is 6.33. The molecule has 0 bridgehead atoms. The van der Waals surface area contributed by atoms with Gasteiger partial charge in [0.2, 0.25) is 9.84 Å². The average Bonchev–Trinajstić information content (AvgIpc) is 3.47. The van der Waals surface area contributed by atoms with Crippen molar-refractivity contribution in [1.82, 2.24) is 9.97 Å². The maximum atomic E-state index is 13.2. The van der Waals surface area contributed by atoms with E-state index in [1.54, 1.807) is 46.9 Å². The number of hydrogen-bond acceptors (Lipinski definition) is 8. The quantitative estimate of drug-likeness (QED) is 0.210. The van der Waals surface area contributed by atoms with Crippen molar-refractivity contribution in [3.05, 3.63) is 97.1 Å². The van der Waals surface area contributed by atoms with Crippen molar-refractivity contribution < 1.29 is 8.42 Å². The minimum absolute atomic E-state index is 0.276. The summed E-state index contributed by atoms with van der Waals surface area (Å²) in [4.78, 5) is 11.7. The molecular weight excluding hydrogens is 533 g/mol. The van der Waals surface area contributed by atoms with Crippen LogP contribution in [0.15, 0.2) is 125 Å². The fraction of sp³-hybridized carbons (Fsp3) is 0. The molecule has 6 rings (SSSR count). The first-order valence-corrected chi connectivity index (χ1v) is 15.3. The Balaban J connectivity index is 1.18. The normalized spacial score (nSPS) is 11.9. The second-order valence-corrected chi connectivity index (χ2v) is 14.2. The van der Waals surface area contributed by atoms with Crippen LogP contribution in [0.2, 0.25) is 0 Å². The van der Waals surface area contributed by atoms with Crippen molar-refractivity contribution in [3.8, 4) is 0 Å². The van der Waals surface area contributed by atoms with Gasteiger partial charge in [-0.15, -0.1) is 22.7 Å².